The maximum absolute atomic E-state index is 9.76. The van der Waals surface area contributed by atoms with Gasteiger partial charge in [-0.1, -0.05) is 35.9 Å². The van der Waals surface area contributed by atoms with E-state index in [2.05, 4.69) is 33.8 Å². The summed E-state index contributed by atoms with van der Waals surface area (Å²) in [6.07, 6.45) is 2.78. The van der Waals surface area contributed by atoms with E-state index in [0.29, 0.717) is 11.0 Å². The first-order chi connectivity index (χ1) is 6.18. The van der Waals surface area contributed by atoms with Gasteiger partial charge in [0, 0.05) is 6.54 Å². The summed E-state index contributed by atoms with van der Waals surface area (Å²) in [5, 5.41) is 18.0. The van der Waals surface area contributed by atoms with Crippen LogP contribution in [0.15, 0.2) is 0 Å². The number of carbonyl (C=O) groups is 1. The van der Waals surface area contributed by atoms with E-state index in [0.717, 1.165) is 12.8 Å². The molecule has 0 aromatic rings. The minimum absolute atomic E-state index is 0.575. The Balaban J connectivity index is 0. The highest BCUT2D eigenvalue weighted by Gasteiger charge is 1.88. The molecule has 0 saturated heterocycles. The Morgan fingerprint density at radius 2 is 2.23 bits per heavy atom. The van der Waals surface area contributed by atoms with Crippen LogP contribution in [-0.4, -0.2) is 27.3 Å². The summed E-state index contributed by atoms with van der Waals surface area (Å²) in [4.78, 5) is 9.76. The highest BCUT2D eigenvalue weighted by molar-refractivity contribution is 14.1. The lowest BCUT2D eigenvalue weighted by Gasteiger charge is -1.94. The predicted molar refractivity (Wildman–Crippen MR) is 59.5 cm³/mol. The Kier molecular flexibility index (Phi) is 15.9. The summed E-state index contributed by atoms with van der Waals surface area (Å²) in [7, 11) is 0. The number of rotatable bonds is 3. The largest absolute Gasteiger partial charge is 0.465 e. The standard InChI is InChI=1S/C5H11NO2.C3H3IO/c1-2-3-4-6-5(7)8;4-2-1-3-5/h6H,2-4H2,1H3,(H,7,8);5H,2H2. The van der Waals surface area contributed by atoms with Gasteiger partial charge < -0.3 is 15.5 Å². The van der Waals surface area contributed by atoms with Crippen molar-refractivity contribution in [3.63, 3.8) is 0 Å². The Morgan fingerprint density at radius 1 is 1.62 bits per heavy atom. The number of halogens is 1. The molecule has 0 aromatic heterocycles. The van der Waals surface area contributed by atoms with Crippen LogP contribution in [0.1, 0.15) is 19.8 Å². The van der Waals surface area contributed by atoms with Crippen molar-refractivity contribution >= 4 is 28.7 Å². The van der Waals surface area contributed by atoms with Crippen LogP contribution in [0.5, 0.6) is 0 Å². The van der Waals surface area contributed by atoms with Gasteiger partial charge in [0.25, 0.3) is 0 Å². The van der Waals surface area contributed by atoms with Crippen molar-refractivity contribution in [2.24, 2.45) is 0 Å². The van der Waals surface area contributed by atoms with Gasteiger partial charge in [-0.05, 0) is 12.3 Å². The molecule has 3 N–H and O–H groups in total. The number of amides is 1. The maximum Gasteiger partial charge on any atom is 0.404 e. The smallest absolute Gasteiger partial charge is 0.404 e. The van der Waals surface area contributed by atoms with Gasteiger partial charge in [0.05, 0.1) is 4.43 Å². The summed E-state index contributed by atoms with van der Waals surface area (Å²) >= 11 is 2.05. The molecule has 0 heterocycles. The molecular formula is C8H14INO3. The highest BCUT2D eigenvalue weighted by Crippen LogP contribution is 1.80. The summed E-state index contributed by atoms with van der Waals surface area (Å²) in [5.41, 5.74) is 0. The molecule has 0 bridgehead atoms. The van der Waals surface area contributed by atoms with Gasteiger partial charge in [-0.2, -0.15) is 0 Å². The number of hydrogen-bond acceptors (Lipinski definition) is 2. The van der Waals surface area contributed by atoms with Crippen molar-refractivity contribution in [3.8, 4) is 12.0 Å². The molecule has 0 fully saturated rings. The third-order valence-corrected chi connectivity index (χ3v) is 1.33. The van der Waals surface area contributed by atoms with Crippen LogP contribution in [0.2, 0.25) is 0 Å². The number of alkyl halides is 1. The molecule has 76 valence electrons. The highest BCUT2D eigenvalue weighted by atomic mass is 127. The number of unbranched alkanes of at least 4 members (excludes halogenated alkanes) is 1. The summed E-state index contributed by atoms with van der Waals surface area (Å²) in [5.74, 6) is 2.40. The zero-order chi connectivity index (χ0) is 10.5. The van der Waals surface area contributed by atoms with Crippen LogP contribution in [0.25, 0.3) is 0 Å². The molecule has 5 heteroatoms. The second kappa shape index (κ2) is 13.9. The van der Waals surface area contributed by atoms with Crippen LogP contribution in [0.4, 0.5) is 4.79 Å². The van der Waals surface area contributed by atoms with Crippen molar-refractivity contribution in [2.75, 3.05) is 11.0 Å². The summed E-state index contributed by atoms with van der Waals surface area (Å²) in [6.45, 7) is 2.59. The van der Waals surface area contributed by atoms with Gasteiger partial charge in [-0.3, -0.25) is 0 Å². The molecule has 0 rings (SSSR count). The van der Waals surface area contributed by atoms with Crippen LogP contribution >= 0.6 is 22.6 Å². The number of hydrogen-bond donors (Lipinski definition) is 3. The minimum atomic E-state index is -0.932. The second-order valence-electron chi connectivity index (χ2n) is 2.01. The van der Waals surface area contributed by atoms with Gasteiger partial charge in [0.2, 0.25) is 0 Å². The average Bonchev–Trinajstić information content (AvgIpc) is 2.07. The van der Waals surface area contributed by atoms with E-state index in [1.54, 1.807) is 6.11 Å². The molecule has 0 atom stereocenters. The Bertz CT molecular complexity index is 174. The van der Waals surface area contributed by atoms with Crippen molar-refractivity contribution < 1.29 is 15.0 Å². The molecule has 13 heavy (non-hydrogen) atoms. The van der Waals surface area contributed by atoms with E-state index in [9.17, 15) is 4.79 Å². The Morgan fingerprint density at radius 3 is 2.46 bits per heavy atom. The fourth-order valence-electron chi connectivity index (χ4n) is 0.402. The number of aliphatic hydroxyl groups is 1. The maximum atomic E-state index is 9.76. The van der Waals surface area contributed by atoms with E-state index in [1.807, 2.05) is 6.92 Å². The van der Waals surface area contributed by atoms with Crippen LogP contribution in [0.3, 0.4) is 0 Å². The molecule has 0 aliphatic carbocycles. The molecule has 1 amide bonds. The first kappa shape index (κ1) is 14.9. The third kappa shape index (κ3) is 24.6. The van der Waals surface area contributed by atoms with Crippen LogP contribution in [-0.2, 0) is 0 Å². The number of nitrogens with one attached hydrogen (secondary N) is 1. The lowest BCUT2D eigenvalue weighted by atomic mass is 10.3. The van der Waals surface area contributed by atoms with E-state index in [4.69, 9.17) is 10.2 Å². The third-order valence-electron chi connectivity index (χ3n) is 0.952. The molecular weight excluding hydrogens is 285 g/mol. The predicted octanol–water partition coefficient (Wildman–Crippen LogP) is 1.81. The lowest BCUT2D eigenvalue weighted by molar-refractivity contribution is 0.194. The first-order valence-electron chi connectivity index (χ1n) is 3.83. The van der Waals surface area contributed by atoms with E-state index < -0.39 is 6.09 Å². The molecule has 4 nitrogen and oxygen atoms in total. The van der Waals surface area contributed by atoms with Crippen molar-refractivity contribution in [1.82, 2.24) is 5.32 Å². The fraction of sp³-hybridized carbons (Fsp3) is 0.625. The van der Waals surface area contributed by atoms with Crippen molar-refractivity contribution in [1.29, 1.82) is 0 Å². The Hall–Kier alpha value is -0.640. The van der Waals surface area contributed by atoms with E-state index in [1.165, 1.54) is 0 Å². The number of carboxylic acid groups (broad SMARTS) is 1. The average molecular weight is 299 g/mol. The topological polar surface area (TPSA) is 69.6 Å². The fourth-order valence-corrected chi connectivity index (χ4v) is 0.573. The first-order valence-corrected chi connectivity index (χ1v) is 5.36. The normalized spacial score (nSPS) is 7.23. The van der Waals surface area contributed by atoms with Gasteiger partial charge in [0.15, 0.2) is 0 Å². The number of aliphatic hydroxyl groups excluding tert-OH is 1. The quantitative estimate of drug-likeness (QED) is 0.322. The van der Waals surface area contributed by atoms with Crippen LogP contribution < -0.4 is 5.32 Å². The van der Waals surface area contributed by atoms with Gasteiger partial charge in [-0.25, -0.2) is 4.79 Å². The minimum Gasteiger partial charge on any atom is -0.465 e. The zero-order valence-corrected chi connectivity index (χ0v) is 9.67. The molecule has 0 unspecified atom stereocenters. The lowest BCUT2D eigenvalue weighted by Crippen LogP contribution is -2.21. The SMILES string of the molecule is CCCCNC(=O)O.OC#CCI. The monoisotopic (exact) mass is 299 g/mol. The Labute approximate surface area is 91.9 Å². The second-order valence-corrected chi connectivity index (χ2v) is 2.77. The molecule has 0 spiro atoms. The van der Waals surface area contributed by atoms with Crippen molar-refractivity contribution in [3.05, 3.63) is 0 Å². The molecule has 0 aliphatic heterocycles. The van der Waals surface area contributed by atoms with Crippen molar-refractivity contribution in [2.45, 2.75) is 19.8 Å². The molecule has 0 saturated carbocycles. The molecule has 0 aromatic carbocycles. The molecule has 0 radical (unpaired) electrons. The zero-order valence-electron chi connectivity index (χ0n) is 7.51. The van der Waals surface area contributed by atoms with E-state index >= 15 is 0 Å². The van der Waals surface area contributed by atoms with Gasteiger partial charge in [-0.15, -0.1) is 0 Å². The van der Waals surface area contributed by atoms with Gasteiger partial charge >= 0.3 is 6.09 Å². The summed E-state index contributed by atoms with van der Waals surface area (Å²) in [6, 6.07) is 0. The van der Waals surface area contributed by atoms with Crippen LogP contribution in [0, 0.1) is 12.0 Å². The van der Waals surface area contributed by atoms with Gasteiger partial charge in [0.1, 0.15) is 6.11 Å². The summed E-state index contributed by atoms with van der Waals surface area (Å²) < 4.78 is 0.703. The molecule has 0 aliphatic rings. The van der Waals surface area contributed by atoms with E-state index in [-0.39, 0.29) is 0 Å².